The van der Waals surface area contributed by atoms with Crippen LogP contribution in [0, 0.1) is 11.8 Å². The van der Waals surface area contributed by atoms with E-state index < -0.39 is 12.7 Å². The molecule has 1 saturated carbocycles. The average molecular weight is 292 g/mol. The fraction of sp³-hybridized carbons (Fsp3) is 1.00. The van der Waals surface area contributed by atoms with Crippen LogP contribution in [0.25, 0.3) is 0 Å². The molecule has 2 nitrogen and oxygen atoms in total. The Morgan fingerprint density at radius 3 is 2.45 bits per heavy atom. The molecule has 1 saturated heterocycles. The first kappa shape index (κ1) is 16.1. The zero-order valence-corrected chi connectivity index (χ0v) is 12.4. The lowest BCUT2D eigenvalue weighted by Crippen LogP contribution is -2.52. The molecular weight excluding hydrogens is 265 g/mol. The Labute approximate surface area is 120 Å². The molecular formula is C15H27F3N2. The second-order valence-electron chi connectivity index (χ2n) is 6.60. The first-order valence-corrected chi connectivity index (χ1v) is 7.98. The molecule has 0 amide bonds. The van der Waals surface area contributed by atoms with Crippen LogP contribution < -0.4 is 5.32 Å². The van der Waals surface area contributed by atoms with Gasteiger partial charge in [0, 0.05) is 25.7 Å². The number of likely N-dealkylation sites (tertiary alicyclic amines) is 1. The summed E-state index contributed by atoms with van der Waals surface area (Å²) in [5, 5.41) is 2.72. The van der Waals surface area contributed by atoms with Gasteiger partial charge in [-0.3, -0.25) is 0 Å². The summed E-state index contributed by atoms with van der Waals surface area (Å²) in [4.78, 5) is 2.40. The minimum atomic E-state index is -4.10. The van der Waals surface area contributed by atoms with E-state index in [4.69, 9.17) is 0 Å². The second kappa shape index (κ2) is 7.12. The third-order valence-corrected chi connectivity index (χ3v) is 4.64. The molecule has 2 atom stereocenters. The molecule has 0 spiro atoms. The van der Waals surface area contributed by atoms with Gasteiger partial charge in [-0.2, -0.15) is 13.2 Å². The third kappa shape index (κ3) is 5.24. The number of hydrogen-bond donors (Lipinski definition) is 1. The summed E-state index contributed by atoms with van der Waals surface area (Å²) in [6.45, 7) is 4.25. The lowest BCUT2D eigenvalue weighted by Gasteiger charge is -2.41. The molecule has 2 fully saturated rings. The Kier molecular flexibility index (Phi) is 5.73. The van der Waals surface area contributed by atoms with E-state index in [0.717, 1.165) is 44.8 Å². The van der Waals surface area contributed by atoms with E-state index in [9.17, 15) is 13.2 Å². The molecule has 1 N–H and O–H groups in total. The second-order valence-corrected chi connectivity index (χ2v) is 6.60. The lowest BCUT2D eigenvalue weighted by molar-refractivity contribution is -0.127. The number of nitrogens with one attached hydrogen (secondary N) is 1. The van der Waals surface area contributed by atoms with Crippen LogP contribution in [0.15, 0.2) is 0 Å². The molecule has 1 aliphatic heterocycles. The Morgan fingerprint density at radius 2 is 1.90 bits per heavy atom. The molecule has 0 aromatic heterocycles. The number of rotatable bonds is 6. The quantitative estimate of drug-likeness (QED) is 0.807. The third-order valence-electron chi connectivity index (χ3n) is 4.64. The lowest BCUT2D eigenvalue weighted by atomic mass is 9.83. The predicted molar refractivity (Wildman–Crippen MR) is 74.6 cm³/mol. The van der Waals surface area contributed by atoms with E-state index in [-0.39, 0.29) is 6.04 Å². The highest BCUT2D eigenvalue weighted by Crippen LogP contribution is 2.30. The van der Waals surface area contributed by atoms with E-state index in [1.165, 1.54) is 19.3 Å². The maximum Gasteiger partial charge on any atom is 0.401 e. The summed E-state index contributed by atoms with van der Waals surface area (Å²) in [6.07, 6.45) is 2.97. The smallest absolute Gasteiger partial charge is 0.305 e. The molecule has 20 heavy (non-hydrogen) atoms. The van der Waals surface area contributed by atoms with E-state index in [2.05, 4.69) is 17.1 Å². The van der Waals surface area contributed by atoms with E-state index in [0.29, 0.717) is 5.92 Å². The van der Waals surface area contributed by atoms with Gasteiger partial charge in [0.05, 0.1) is 6.54 Å². The minimum absolute atomic E-state index is 0.00185. The number of piperidine rings is 1. The fourth-order valence-electron chi connectivity index (χ4n) is 3.52. The van der Waals surface area contributed by atoms with Gasteiger partial charge in [0.25, 0.3) is 0 Å². The fourth-order valence-corrected chi connectivity index (χ4v) is 3.52. The summed E-state index contributed by atoms with van der Waals surface area (Å²) in [7, 11) is 0. The van der Waals surface area contributed by atoms with Crippen molar-refractivity contribution in [3.63, 3.8) is 0 Å². The van der Waals surface area contributed by atoms with Crippen molar-refractivity contribution < 1.29 is 13.2 Å². The van der Waals surface area contributed by atoms with Crippen LogP contribution in [0.5, 0.6) is 0 Å². The van der Waals surface area contributed by atoms with Gasteiger partial charge < -0.3 is 10.2 Å². The van der Waals surface area contributed by atoms with Crippen molar-refractivity contribution in [2.75, 3.05) is 26.2 Å². The largest absolute Gasteiger partial charge is 0.401 e. The molecule has 0 bridgehead atoms. The normalized spacial score (nSPS) is 29.4. The molecule has 118 valence electrons. The van der Waals surface area contributed by atoms with Gasteiger partial charge in [-0.05, 0) is 37.5 Å². The number of alkyl halides is 3. The molecule has 2 unspecified atom stereocenters. The van der Waals surface area contributed by atoms with Gasteiger partial charge in [-0.1, -0.05) is 19.8 Å². The van der Waals surface area contributed by atoms with Gasteiger partial charge in [0.15, 0.2) is 0 Å². The first-order valence-electron chi connectivity index (χ1n) is 7.98. The van der Waals surface area contributed by atoms with Crippen LogP contribution in [0.1, 0.15) is 45.4 Å². The maximum atomic E-state index is 12.4. The van der Waals surface area contributed by atoms with Crippen molar-refractivity contribution in [3.05, 3.63) is 0 Å². The van der Waals surface area contributed by atoms with Crippen molar-refractivity contribution in [3.8, 4) is 0 Å². The minimum Gasteiger partial charge on any atom is -0.305 e. The van der Waals surface area contributed by atoms with Crippen molar-refractivity contribution in [1.82, 2.24) is 10.2 Å². The Balaban J connectivity index is 1.82. The molecule has 1 aliphatic carbocycles. The van der Waals surface area contributed by atoms with Crippen LogP contribution in [-0.4, -0.2) is 43.3 Å². The summed E-state index contributed by atoms with van der Waals surface area (Å²) in [5.41, 5.74) is 0. The summed E-state index contributed by atoms with van der Waals surface area (Å²) >= 11 is 0. The summed E-state index contributed by atoms with van der Waals surface area (Å²) in [6, 6.07) is 0.00185. The molecule has 2 aliphatic rings. The Bertz CT molecular complexity index is 289. The van der Waals surface area contributed by atoms with Gasteiger partial charge in [-0.25, -0.2) is 0 Å². The van der Waals surface area contributed by atoms with Crippen LogP contribution in [0.2, 0.25) is 0 Å². The molecule has 0 aromatic carbocycles. The van der Waals surface area contributed by atoms with Gasteiger partial charge in [0.1, 0.15) is 0 Å². The van der Waals surface area contributed by atoms with Crippen molar-refractivity contribution >= 4 is 0 Å². The van der Waals surface area contributed by atoms with Crippen LogP contribution in [-0.2, 0) is 0 Å². The summed E-state index contributed by atoms with van der Waals surface area (Å²) in [5.74, 6) is 1.35. The summed E-state index contributed by atoms with van der Waals surface area (Å²) < 4.78 is 37.1. The molecule has 0 aromatic rings. The monoisotopic (exact) mass is 292 g/mol. The van der Waals surface area contributed by atoms with E-state index in [1.54, 1.807) is 0 Å². The number of hydrogen-bond acceptors (Lipinski definition) is 2. The zero-order chi connectivity index (χ0) is 14.6. The van der Waals surface area contributed by atoms with Crippen molar-refractivity contribution in [2.24, 2.45) is 11.8 Å². The van der Waals surface area contributed by atoms with Crippen molar-refractivity contribution in [2.45, 2.75) is 57.7 Å². The van der Waals surface area contributed by atoms with Gasteiger partial charge in [-0.15, -0.1) is 0 Å². The van der Waals surface area contributed by atoms with Gasteiger partial charge >= 0.3 is 6.18 Å². The standard InChI is InChI=1S/C15H27F3N2/c1-2-4-13-7-14(19-11-15(16,17)18)10-20(9-13)8-12-5-3-6-12/h12-14,19H,2-11H2,1H3. The Morgan fingerprint density at radius 1 is 1.15 bits per heavy atom. The Hall–Kier alpha value is -0.290. The highest BCUT2D eigenvalue weighted by Gasteiger charge is 2.33. The number of halogens is 3. The highest BCUT2D eigenvalue weighted by molar-refractivity contribution is 4.86. The number of nitrogens with zero attached hydrogens (tertiary/aromatic N) is 1. The SMILES string of the molecule is CCCC1CC(NCC(F)(F)F)CN(CC2CCC2)C1. The van der Waals surface area contributed by atoms with Crippen LogP contribution in [0.3, 0.4) is 0 Å². The first-order chi connectivity index (χ1) is 9.46. The highest BCUT2D eigenvalue weighted by atomic mass is 19.4. The average Bonchev–Trinajstić information content (AvgIpc) is 2.31. The van der Waals surface area contributed by atoms with Gasteiger partial charge in [0.2, 0.25) is 0 Å². The topological polar surface area (TPSA) is 15.3 Å². The van der Waals surface area contributed by atoms with Crippen LogP contribution >= 0.6 is 0 Å². The maximum absolute atomic E-state index is 12.4. The zero-order valence-electron chi connectivity index (χ0n) is 12.4. The van der Waals surface area contributed by atoms with Crippen LogP contribution in [0.4, 0.5) is 13.2 Å². The molecule has 0 radical (unpaired) electrons. The van der Waals surface area contributed by atoms with E-state index in [1.807, 2.05) is 0 Å². The predicted octanol–water partition coefficient (Wildman–Crippen LogP) is 3.43. The molecule has 1 heterocycles. The van der Waals surface area contributed by atoms with Crippen molar-refractivity contribution in [1.29, 1.82) is 0 Å². The molecule has 2 rings (SSSR count). The van der Waals surface area contributed by atoms with E-state index >= 15 is 0 Å². The molecule has 5 heteroatoms.